The Bertz CT molecular complexity index is 101. The van der Waals surface area contributed by atoms with Crippen LogP contribution in [0.15, 0.2) is 0 Å². The summed E-state index contributed by atoms with van der Waals surface area (Å²) in [5.41, 5.74) is 0. The van der Waals surface area contributed by atoms with Crippen molar-refractivity contribution in [2.45, 2.75) is 45.6 Å². The van der Waals surface area contributed by atoms with E-state index in [0.29, 0.717) is 6.10 Å². The quantitative estimate of drug-likeness (QED) is 0.597. The van der Waals surface area contributed by atoms with Gasteiger partial charge in [-0.25, -0.2) is 0 Å². The molecule has 0 saturated heterocycles. The molecule has 0 amide bonds. The zero-order valence-electron chi connectivity index (χ0n) is 7.97. The molecule has 1 aliphatic rings. The van der Waals surface area contributed by atoms with Crippen molar-refractivity contribution in [3.8, 4) is 0 Å². The summed E-state index contributed by atoms with van der Waals surface area (Å²) < 4.78 is 5.32. The van der Waals surface area contributed by atoms with Crippen LogP contribution in [0.4, 0.5) is 0 Å². The number of methoxy groups -OCH3 is 1. The van der Waals surface area contributed by atoms with E-state index >= 15 is 0 Å². The van der Waals surface area contributed by atoms with Gasteiger partial charge in [-0.2, -0.15) is 0 Å². The van der Waals surface area contributed by atoms with Gasteiger partial charge in [-0.15, -0.1) is 0 Å². The molecule has 0 spiro atoms. The Morgan fingerprint density at radius 2 is 1.64 bits per heavy atom. The molecule has 0 heterocycles. The molecule has 0 atom stereocenters. The van der Waals surface area contributed by atoms with Crippen LogP contribution in [-0.4, -0.2) is 13.2 Å². The first-order valence-electron chi connectivity index (χ1n) is 4.76. The zero-order valence-corrected chi connectivity index (χ0v) is 7.97. The minimum atomic E-state index is 0.560. The van der Waals surface area contributed by atoms with Crippen molar-refractivity contribution in [2.75, 3.05) is 7.11 Å². The van der Waals surface area contributed by atoms with Crippen LogP contribution in [0.25, 0.3) is 0 Å². The van der Waals surface area contributed by atoms with Gasteiger partial charge in [0.1, 0.15) is 0 Å². The van der Waals surface area contributed by atoms with Gasteiger partial charge >= 0.3 is 0 Å². The Labute approximate surface area is 70.1 Å². The maximum atomic E-state index is 5.32. The van der Waals surface area contributed by atoms with E-state index in [-0.39, 0.29) is 0 Å². The van der Waals surface area contributed by atoms with Gasteiger partial charge in [0.05, 0.1) is 6.10 Å². The minimum Gasteiger partial charge on any atom is -0.381 e. The smallest absolute Gasteiger partial charge is 0.0571 e. The SMILES string of the molecule is COC1CCC(C(C)C)CC1. The highest BCUT2D eigenvalue weighted by Crippen LogP contribution is 2.30. The van der Waals surface area contributed by atoms with Gasteiger partial charge in [0.25, 0.3) is 0 Å². The molecule has 1 saturated carbocycles. The summed E-state index contributed by atoms with van der Waals surface area (Å²) in [7, 11) is 1.83. The van der Waals surface area contributed by atoms with Gasteiger partial charge < -0.3 is 4.74 Å². The number of hydrogen-bond donors (Lipinski definition) is 0. The highest BCUT2D eigenvalue weighted by molar-refractivity contribution is 4.74. The van der Waals surface area contributed by atoms with Gasteiger partial charge in [0, 0.05) is 7.11 Å². The lowest BCUT2D eigenvalue weighted by Crippen LogP contribution is -2.23. The molecule has 1 heteroatoms. The normalized spacial score (nSPS) is 32.7. The molecule has 0 N–H and O–H groups in total. The van der Waals surface area contributed by atoms with E-state index in [1.165, 1.54) is 25.7 Å². The lowest BCUT2D eigenvalue weighted by molar-refractivity contribution is 0.0495. The first-order chi connectivity index (χ1) is 5.24. The summed E-state index contributed by atoms with van der Waals surface area (Å²) >= 11 is 0. The van der Waals surface area contributed by atoms with Crippen LogP contribution >= 0.6 is 0 Å². The highest BCUT2D eigenvalue weighted by Gasteiger charge is 2.22. The average Bonchev–Trinajstić information content (AvgIpc) is 2.05. The predicted molar refractivity (Wildman–Crippen MR) is 47.6 cm³/mol. The monoisotopic (exact) mass is 156 g/mol. The fourth-order valence-corrected chi connectivity index (χ4v) is 1.99. The third-order valence-electron chi connectivity index (χ3n) is 3.00. The largest absolute Gasteiger partial charge is 0.381 e. The maximum absolute atomic E-state index is 5.32. The standard InChI is InChI=1S/C10H20O/c1-8(2)9-4-6-10(11-3)7-5-9/h8-10H,4-7H2,1-3H3. The molecule has 0 radical (unpaired) electrons. The molecule has 1 nitrogen and oxygen atoms in total. The van der Waals surface area contributed by atoms with Crippen LogP contribution in [0.2, 0.25) is 0 Å². The van der Waals surface area contributed by atoms with Crippen molar-refractivity contribution in [1.82, 2.24) is 0 Å². The molecule has 1 aliphatic carbocycles. The third-order valence-corrected chi connectivity index (χ3v) is 3.00. The molecule has 0 aliphatic heterocycles. The molecule has 66 valence electrons. The average molecular weight is 156 g/mol. The molecule has 0 aromatic carbocycles. The summed E-state index contributed by atoms with van der Waals surface area (Å²) in [6, 6.07) is 0. The van der Waals surface area contributed by atoms with Crippen LogP contribution in [0, 0.1) is 11.8 Å². The lowest BCUT2D eigenvalue weighted by atomic mass is 9.80. The molecule has 0 bridgehead atoms. The summed E-state index contributed by atoms with van der Waals surface area (Å²) in [6.45, 7) is 4.66. The van der Waals surface area contributed by atoms with Crippen LogP contribution in [0.3, 0.4) is 0 Å². The lowest BCUT2D eigenvalue weighted by Gasteiger charge is -2.29. The number of hydrogen-bond acceptors (Lipinski definition) is 1. The maximum Gasteiger partial charge on any atom is 0.0571 e. The van der Waals surface area contributed by atoms with Crippen LogP contribution < -0.4 is 0 Å². The van der Waals surface area contributed by atoms with Gasteiger partial charge in [-0.3, -0.25) is 0 Å². The fourth-order valence-electron chi connectivity index (χ4n) is 1.99. The second-order valence-electron chi connectivity index (χ2n) is 4.02. The van der Waals surface area contributed by atoms with Crippen molar-refractivity contribution in [3.05, 3.63) is 0 Å². The van der Waals surface area contributed by atoms with Crippen molar-refractivity contribution >= 4 is 0 Å². The topological polar surface area (TPSA) is 9.23 Å². The zero-order chi connectivity index (χ0) is 8.27. The van der Waals surface area contributed by atoms with Gasteiger partial charge in [0.15, 0.2) is 0 Å². The fraction of sp³-hybridized carbons (Fsp3) is 1.00. The van der Waals surface area contributed by atoms with Crippen molar-refractivity contribution in [1.29, 1.82) is 0 Å². The van der Waals surface area contributed by atoms with Gasteiger partial charge in [-0.1, -0.05) is 13.8 Å². The molecule has 1 rings (SSSR count). The second kappa shape index (κ2) is 4.10. The minimum absolute atomic E-state index is 0.560. The van der Waals surface area contributed by atoms with E-state index in [0.717, 1.165) is 11.8 Å². The third kappa shape index (κ3) is 2.48. The molecular weight excluding hydrogens is 136 g/mol. The molecule has 1 fully saturated rings. The Morgan fingerprint density at radius 1 is 1.09 bits per heavy atom. The van der Waals surface area contributed by atoms with E-state index in [2.05, 4.69) is 13.8 Å². The molecule has 0 unspecified atom stereocenters. The summed E-state index contributed by atoms with van der Waals surface area (Å²) in [5, 5.41) is 0. The van der Waals surface area contributed by atoms with E-state index in [1.807, 2.05) is 7.11 Å². The molecular formula is C10H20O. The van der Waals surface area contributed by atoms with Crippen molar-refractivity contribution in [3.63, 3.8) is 0 Å². The first kappa shape index (κ1) is 9.05. The van der Waals surface area contributed by atoms with Gasteiger partial charge in [-0.05, 0) is 37.5 Å². The molecule has 0 aromatic rings. The Kier molecular flexibility index (Phi) is 3.38. The van der Waals surface area contributed by atoms with E-state index in [1.54, 1.807) is 0 Å². The van der Waals surface area contributed by atoms with Crippen molar-refractivity contribution < 1.29 is 4.74 Å². The number of ether oxygens (including phenoxy) is 1. The molecule has 0 aromatic heterocycles. The summed E-state index contributed by atoms with van der Waals surface area (Å²) in [5.74, 6) is 1.83. The van der Waals surface area contributed by atoms with E-state index < -0.39 is 0 Å². The summed E-state index contributed by atoms with van der Waals surface area (Å²) in [4.78, 5) is 0. The highest BCUT2D eigenvalue weighted by atomic mass is 16.5. The van der Waals surface area contributed by atoms with Gasteiger partial charge in [0.2, 0.25) is 0 Å². The van der Waals surface area contributed by atoms with Crippen molar-refractivity contribution in [2.24, 2.45) is 11.8 Å². The first-order valence-corrected chi connectivity index (χ1v) is 4.76. The summed E-state index contributed by atoms with van der Waals surface area (Å²) in [6.07, 6.45) is 5.86. The molecule has 11 heavy (non-hydrogen) atoms. The van der Waals surface area contributed by atoms with E-state index in [4.69, 9.17) is 4.74 Å². The van der Waals surface area contributed by atoms with Crippen LogP contribution in [0.5, 0.6) is 0 Å². The Morgan fingerprint density at radius 3 is 2.00 bits per heavy atom. The Hall–Kier alpha value is -0.0400. The predicted octanol–water partition coefficient (Wildman–Crippen LogP) is 2.85. The second-order valence-corrected chi connectivity index (χ2v) is 4.02. The van der Waals surface area contributed by atoms with Crippen LogP contribution in [-0.2, 0) is 4.74 Å². The van der Waals surface area contributed by atoms with E-state index in [9.17, 15) is 0 Å². The Balaban J connectivity index is 2.24. The number of rotatable bonds is 2. The van der Waals surface area contributed by atoms with Crippen LogP contribution in [0.1, 0.15) is 39.5 Å².